The van der Waals surface area contributed by atoms with Gasteiger partial charge in [-0.05, 0) is 49.1 Å². The Morgan fingerprint density at radius 3 is 2.29 bits per heavy atom. The van der Waals surface area contributed by atoms with Crippen LogP contribution in [-0.2, 0) is 21.1 Å². The zero-order valence-electron chi connectivity index (χ0n) is 13.7. The minimum Gasteiger partial charge on any atom is -0.497 e. The smallest absolute Gasteiger partial charge is 0.179 e. The third-order valence-electron chi connectivity index (χ3n) is 3.93. The summed E-state index contributed by atoms with van der Waals surface area (Å²) in [7, 11) is -1.95. The summed E-state index contributed by atoms with van der Waals surface area (Å²) in [6, 6.07) is 16.2. The highest BCUT2D eigenvalue weighted by Gasteiger charge is 2.21. The third-order valence-corrected chi connectivity index (χ3v) is 5.79. The quantitative estimate of drug-likeness (QED) is 0.654. The first-order valence-electron chi connectivity index (χ1n) is 7.91. The van der Waals surface area contributed by atoms with E-state index in [0.29, 0.717) is 12.2 Å². The minimum atomic E-state index is -3.48. The average Bonchev–Trinajstić information content (AvgIpc) is 2.61. The Morgan fingerprint density at radius 2 is 1.71 bits per heavy atom. The Balaban J connectivity index is 1.93. The average molecular weight is 346 g/mol. The molecule has 0 fully saturated rings. The van der Waals surface area contributed by atoms with Gasteiger partial charge in [-0.25, -0.2) is 8.42 Å². The molecule has 1 unspecified atom stereocenters. The van der Waals surface area contributed by atoms with Gasteiger partial charge < -0.3 is 9.53 Å². The number of hydrogen-bond acceptors (Lipinski definition) is 4. The molecule has 0 aliphatic rings. The molecule has 24 heavy (non-hydrogen) atoms. The summed E-state index contributed by atoms with van der Waals surface area (Å²) in [5.41, 5.74) is 1.19. The lowest BCUT2D eigenvalue weighted by atomic mass is 10.0. The van der Waals surface area contributed by atoms with E-state index in [4.69, 9.17) is 4.74 Å². The zero-order valence-corrected chi connectivity index (χ0v) is 14.5. The first-order chi connectivity index (χ1) is 11.5. The highest BCUT2D eigenvalue weighted by atomic mass is 32.2. The van der Waals surface area contributed by atoms with E-state index in [9.17, 15) is 13.2 Å². The van der Waals surface area contributed by atoms with Gasteiger partial charge in [0.2, 0.25) is 0 Å². The molecule has 0 radical (unpaired) electrons. The number of rotatable bonds is 9. The van der Waals surface area contributed by atoms with E-state index in [1.165, 1.54) is 24.8 Å². The van der Waals surface area contributed by atoms with Crippen molar-refractivity contribution >= 4 is 16.1 Å². The number of hydrogen-bond donors (Lipinski definition) is 0. The van der Waals surface area contributed by atoms with Crippen LogP contribution in [0.2, 0.25) is 0 Å². The second-order valence-corrected chi connectivity index (χ2v) is 7.77. The van der Waals surface area contributed by atoms with Crippen LogP contribution < -0.4 is 4.74 Å². The standard InChI is InChI=1S/C19H22O4S/c1-23-18-10-12-19(13-11-18)24(21,22)15-17(14-20)9-5-8-16-6-3-2-4-7-16/h2-4,6-7,10-14,17H,5,8-9,15H2,1H3. The van der Waals surface area contributed by atoms with Gasteiger partial charge in [0, 0.05) is 5.92 Å². The molecule has 0 aliphatic heterocycles. The number of sulfone groups is 1. The molecular weight excluding hydrogens is 324 g/mol. The number of aryl methyl sites for hydroxylation is 1. The largest absolute Gasteiger partial charge is 0.497 e. The molecule has 0 aliphatic carbocycles. The first-order valence-corrected chi connectivity index (χ1v) is 9.56. The number of ether oxygens (including phenoxy) is 1. The van der Waals surface area contributed by atoms with Crippen LogP contribution in [0.5, 0.6) is 5.75 Å². The lowest BCUT2D eigenvalue weighted by Crippen LogP contribution is -2.18. The van der Waals surface area contributed by atoms with Crippen molar-refractivity contribution in [3.63, 3.8) is 0 Å². The monoisotopic (exact) mass is 346 g/mol. The maximum Gasteiger partial charge on any atom is 0.179 e. The van der Waals surface area contributed by atoms with Crippen LogP contribution in [0.15, 0.2) is 59.5 Å². The summed E-state index contributed by atoms with van der Waals surface area (Å²) in [6.45, 7) is 0. The fourth-order valence-electron chi connectivity index (χ4n) is 2.56. The van der Waals surface area contributed by atoms with Gasteiger partial charge in [-0.15, -0.1) is 0 Å². The molecule has 4 nitrogen and oxygen atoms in total. The zero-order chi connectivity index (χ0) is 17.4. The first kappa shape index (κ1) is 18.2. The Bertz CT molecular complexity index is 737. The van der Waals surface area contributed by atoms with Crippen LogP contribution in [0.25, 0.3) is 0 Å². The van der Waals surface area contributed by atoms with Crippen molar-refractivity contribution in [2.24, 2.45) is 5.92 Å². The third kappa shape index (κ3) is 5.20. The summed E-state index contributed by atoms with van der Waals surface area (Å²) in [4.78, 5) is 11.5. The number of aldehydes is 1. The summed E-state index contributed by atoms with van der Waals surface area (Å²) < 4.78 is 29.9. The van der Waals surface area contributed by atoms with Crippen molar-refractivity contribution in [3.8, 4) is 5.75 Å². The molecule has 2 aromatic carbocycles. The summed E-state index contributed by atoms with van der Waals surface area (Å²) in [6.07, 6.45) is 2.94. The summed E-state index contributed by atoms with van der Waals surface area (Å²) in [5, 5.41) is 0. The molecule has 128 valence electrons. The fourth-order valence-corrected chi connectivity index (χ4v) is 4.12. The Kier molecular flexibility index (Phi) is 6.55. The normalized spacial score (nSPS) is 12.5. The molecule has 5 heteroatoms. The van der Waals surface area contributed by atoms with Crippen molar-refractivity contribution in [2.45, 2.75) is 24.2 Å². The van der Waals surface area contributed by atoms with Crippen molar-refractivity contribution in [1.82, 2.24) is 0 Å². The van der Waals surface area contributed by atoms with Crippen molar-refractivity contribution < 1.29 is 17.9 Å². The predicted octanol–water partition coefficient (Wildman–Crippen LogP) is 3.31. The molecule has 0 saturated heterocycles. The predicted molar refractivity (Wildman–Crippen MR) is 94.0 cm³/mol. The summed E-state index contributed by atoms with van der Waals surface area (Å²) in [5.74, 6) is -0.0398. The molecule has 0 N–H and O–H groups in total. The van der Waals surface area contributed by atoms with Gasteiger partial charge in [0.05, 0.1) is 17.8 Å². The van der Waals surface area contributed by atoms with Gasteiger partial charge in [0.1, 0.15) is 12.0 Å². The maximum absolute atomic E-state index is 12.4. The maximum atomic E-state index is 12.4. The highest BCUT2D eigenvalue weighted by molar-refractivity contribution is 7.91. The van der Waals surface area contributed by atoms with Gasteiger partial charge in [-0.3, -0.25) is 0 Å². The van der Waals surface area contributed by atoms with Crippen LogP contribution in [0, 0.1) is 5.92 Å². The van der Waals surface area contributed by atoms with Crippen LogP contribution in [0.4, 0.5) is 0 Å². The Morgan fingerprint density at radius 1 is 1.04 bits per heavy atom. The number of carbonyl (C=O) groups is 1. The second kappa shape index (κ2) is 8.64. The lowest BCUT2D eigenvalue weighted by Gasteiger charge is -2.11. The van der Waals surface area contributed by atoms with Crippen LogP contribution in [0.3, 0.4) is 0 Å². The van der Waals surface area contributed by atoms with Gasteiger partial charge in [-0.2, -0.15) is 0 Å². The molecule has 1 atom stereocenters. The molecular formula is C19H22O4S. The molecule has 0 bridgehead atoms. The highest BCUT2D eigenvalue weighted by Crippen LogP contribution is 2.20. The molecule has 2 rings (SSSR count). The molecule has 0 heterocycles. The number of benzene rings is 2. The van der Waals surface area contributed by atoms with E-state index in [0.717, 1.165) is 19.1 Å². The number of methoxy groups -OCH3 is 1. The molecule has 0 aromatic heterocycles. The van der Waals surface area contributed by atoms with Crippen molar-refractivity contribution in [1.29, 1.82) is 0 Å². The SMILES string of the molecule is COc1ccc(S(=O)(=O)CC(C=O)CCCc2ccccc2)cc1. The van der Waals surface area contributed by atoms with Crippen LogP contribution in [-0.4, -0.2) is 27.6 Å². The van der Waals surface area contributed by atoms with Crippen LogP contribution in [0.1, 0.15) is 18.4 Å². The van der Waals surface area contributed by atoms with Gasteiger partial charge in [-0.1, -0.05) is 30.3 Å². The molecule has 0 spiro atoms. The minimum absolute atomic E-state index is 0.155. The lowest BCUT2D eigenvalue weighted by molar-refractivity contribution is -0.110. The van der Waals surface area contributed by atoms with Gasteiger partial charge in [0.15, 0.2) is 9.84 Å². The van der Waals surface area contributed by atoms with Crippen LogP contribution >= 0.6 is 0 Å². The van der Waals surface area contributed by atoms with E-state index in [2.05, 4.69) is 0 Å². The van der Waals surface area contributed by atoms with Gasteiger partial charge >= 0.3 is 0 Å². The van der Waals surface area contributed by atoms with Gasteiger partial charge in [0.25, 0.3) is 0 Å². The fraction of sp³-hybridized carbons (Fsp3) is 0.316. The topological polar surface area (TPSA) is 60.4 Å². The van der Waals surface area contributed by atoms with E-state index in [-0.39, 0.29) is 10.6 Å². The second-order valence-electron chi connectivity index (χ2n) is 5.73. The van der Waals surface area contributed by atoms with Crippen molar-refractivity contribution in [2.75, 3.05) is 12.9 Å². The molecule has 0 amide bonds. The Labute approximate surface area is 143 Å². The number of carbonyl (C=O) groups excluding carboxylic acids is 1. The van der Waals surface area contributed by atoms with E-state index in [1.54, 1.807) is 12.1 Å². The van der Waals surface area contributed by atoms with E-state index in [1.807, 2.05) is 30.3 Å². The van der Waals surface area contributed by atoms with Crippen molar-refractivity contribution in [3.05, 3.63) is 60.2 Å². The Hall–Kier alpha value is -2.14. The van der Waals surface area contributed by atoms with E-state index < -0.39 is 15.8 Å². The van der Waals surface area contributed by atoms with E-state index >= 15 is 0 Å². The summed E-state index contributed by atoms with van der Waals surface area (Å²) >= 11 is 0. The molecule has 2 aromatic rings. The molecule has 0 saturated carbocycles.